The Hall–Kier alpha value is -2.50. The van der Waals surface area contributed by atoms with Crippen molar-refractivity contribution < 1.29 is 18.7 Å². The topological polar surface area (TPSA) is 66.0 Å². The van der Waals surface area contributed by atoms with Gasteiger partial charge in [-0.25, -0.2) is 18.6 Å². The Labute approximate surface area is 105 Å². The molecule has 0 fully saturated rings. The zero-order chi connectivity index (χ0) is 13.7. The number of hydrogen-bond donors (Lipinski definition) is 2. The fourth-order valence-electron chi connectivity index (χ4n) is 2.21. The second-order valence-electron chi connectivity index (χ2n) is 4.24. The second-order valence-corrected chi connectivity index (χ2v) is 4.24. The van der Waals surface area contributed by atoms with Gasteiger partial charge in [0.15, 0.2) is 17.3 Å². The molecule has 1 aromatic carbocycles. The van der Waals surface area contributed by atoms with Crippen LogP contribution in [0.25, 0.3) is 21.8 Å². The molecule has 0 bridgehead atoms. The first-order valence-corrected chi connectivity index (χ1v) is 5.49. The molecule has 0 aliphatic rings. The van der Waals surface area contributed by atoms with Crippen molar-refractivity contribution in [1.82, 2.24) is 9.97 Å². The van der Waals surface area contributed by atoms with E-state index in [9.17, 15) is 13.6 Å². The lowest BCUT2D eigenvalue weighted by molar-refractivity contribution is 0.0693. The van der Waals surface area contributed by atoms with Gasteiger partial charge in [0, 0.05) is 17.0 Å². The maximum Gasteiger partial charge on any atom is 0.355 e. The molecule has 2 aromatic heterocycles. The average molecular weight is 262 g/mol. The summed E-state index contributed by atoms with van der Waals surface area (Å²) < 4.78 is 26.9. The SMILES string of the molecule is Cc1c[nH]c2c1c(C(=O)O)nc1c(F)c(F)ccc12. The van der Waals surface area contributed by atoms with Crippen molar-refractivity contribution in [2.24, 2.45) is 0 Å². The number of aromatic carboxylic acids is 1. The number of carboxylic acid groups (broad SMARTS) is 1. The molecular formula is C13H8F2N2O2. The van der Waals surface area contributed by atoms with Crippen molar-refractivity contribution in [3.63, 3.8) is 0 Å². The molecule has 0 atom stereocenters. The largest absolute Gasteiger partial charge is 0.476 e. The smallest absolute Gasteiger partial charge is 0.355 e. The highest BCUT2D eigenvalue weighted by molar-refractivity contribution is 6.12. The Bertz CT molecular complexity index is 840. The number of aromatic nitrogens is 2. The molecule has 0 aliphatic heterocycles. The number of carboxylic acids is 1. The monoisotopic (exact) mass is 262 g/mol. The fourth-order valence-corrected chi connectivity index (χ4v) is 2.21. The Kier molecular flexibility index (Phi) is 2.28. The van der Waals surface area contributed by atoms with Gasteiger partial charge in [-0.05, 0) is 24.6 Å². The summed E-state index contributed by atoms with van der Waals surface area (Å²) in [5, 5.41) is 9.91. The zero-order valence-corrected chi connectivity index (χ0v) is 9.79. The Morgan fingerprint density at radius 1 is 1.37 bits per heavy atom. The van der Waals surface area contributed by atoms with Crippen molar-refractivity contribution >= 4 is 27.8 Å². The van der Waals surface area contributed by atoms with Crippen LogP contribution in [0.4, 0.5) is 8.78 Å². The molecule has 6 heteroatoms. The number of pyridine rings is 1. The van der Waals surface area contributed by atoms with Crippen LogP contribution in [0.5, 0.6) is 0 Å². The number of aromatic amines is 1. The Balaban J connectivity index is 2.62. The van der Waals surface area contributed by atoms with Crippen LogP contribution in [-0.2, 0) is 0 Å². The van der Waals surface area contributed by atoms with Crippen LogP contribution < -0.4 is 0 Å². The lowest BCUT2D eigenvalue weighted by Crippen LogP contribution is -2.03. The van der Waals surface area contributed by atoms with Crippen LogP contribution in [0.3, 0.4) is 0 Å². The first kappa shape index (κ1) is 11.6. The van der Waals surface area contributed by atoms with Gasteiger partial charge in [-0.15, -0.1) is 0 Å². The summed E-state index contributed by atoms with van der Waals surface area (Å²) in [5.41, 5.74) is 0.558. The summed E-state index contributed by atoms with van der Waals surface area (Å²) in [7, 11) is 0. The predicted molar refractivity (Wildman–Crippen MR) is 65.2 cm³/mol. The molecule has 0 aliphatic carbocycles. The van der Waals surface area contributed by atoms with Gasteiger partial charge >= 0.3 is 5.97 Å². The van der Waals surface area contributed by atoms with E-state index in [0.29, 0.717) is 21.9 Å². The number of rotatable bonds is 1. The standard InChI is InChI=1S/C13H8F2N2O2/c1-5-4-16-10-6-2-3-7(14)9(15)11(6)17-12(8(5)10)13(18)19/h2-4,16H,1H3,(H,18,19). The number of nitrogens with one attached hydrogen (secondary N) is 1. The number of fused-ring (bicyclic) bond motifs is 3. The van der Waals surface area contributed by atoms with Gasteiger partial charge in [-0.1, -0.05) is 0 Å². The minimum atomic E-state index is -1.28. The van der Waals surface area contributed by atoms with Gasteiger partial charge in [0.25, 0.3) is 0 Å². The van der Waals surface area contributed by atoms with Gasteiger partial charge in [0.1, 0.15) is 5.52 Å². The molecule has 0 saturated carbocycles. The summed E-state index contributed by atoms with van der Waals surface area (Å²) in [6, 6.07) is 2.38. The van der Waals surface area contributed by atoms with Crippen LogP contribution in [0.2, 0.25) is 0 Å². The Morgan fingerprint density at radius 3 is 2.79 bits per heavy atom. The highest BCUT2D eigenvalue weighted by Crippen LogP contribution is 2.30. The van der Waals surface area contributed by atoms with Crippen molar-refractivity contribution in [3.8, 4) is 0 Å². The number of hydrogen-bond acceptors (Lipinski definition) is 2. The highest BCUT2D eigenvalue weighted by atomic mass is 19.2. The molecule has 2 heterocycles. The summed E-state index contributed by atoms with van der Waals surface area (Å²) in [4.78, 5) is 17.9. The van der Waals surface area contributed by atoms with E-state index in [2.05, 4.69) is 9.97 Å². The number of H-pyrrole nitrogens is 1. The van der Waals surface area contributed by atoms with Crippen molar-refractivity contribution in [1.29, 1.82) is 0 Å². The summed E-state index contributed by atoms with van der Waals surface area (Å²) in [6.07, 6.45) is 1.61. The average Bonchev–Trinajstić information content (AvgIpc) is 2.75. The number of halogens is 2. The first-order valence-electron chi connectivity index (χ1n) is 5.49. The Morgan fingerprint density at radius 2 is 2.11 bits per heavy atom. The van der Waals surface area contributed by atoms with Crippen LogP contribution in [0, 0.1) is 18.6 Å². The maximum absolute atomic E-state index is 13.7. The quantitative estimate of drug-likeness (QED) is 0.708. The van der Waals surface area contributed by atoms with Gasteiger partial charge in [0.05, 0.1) is 5.52 Å². The first-order chi connectivity index (χ1) is 9.00. The van der Waals surface area contributed by atoms with E-state index in [4.69, 9.17) is 5.11 Å². The minimum absolute atomic E-state index is 0.285. The molecule has 3 rings (SSSR count). The van der Waals surface area contributed by atoms with Gasteiger partial charge in [-0.3, -0.25) is 0 Å². The van der Waals surface area contributed by atoms with Gasteiger partial charge in [0.2, 0.25) is 0 Å². The molecule has 0 spiro atoms. The highest BCUT2D eigenvalue weighted by Gasteiger charge is 2.20. The van der Waals surface area contributed by atoms with Crippen molar-refractivity contribution in [2.45, 2.75) is 6.92 Å². The molecule has 0 radical (unpaired) electrons. The van der Waals surface area contributed by atoms with E-state index in [1.54, 1.807) is 13.1 Å². The lowest BCUT2D eigenvalue weighted by Gasteiger charge is -2.05. The molecule has 19 heavy (non-hydrogen) atoms. The summed E-state index contributed by atoms with van der Waals surface area (Å²) in [6.45, 7) is 1.72. The van der Waals surface area contributed by atoms with Crippen LogP contribution >= 0.6 is 0 Å². The molecule has 0 saturated heterocycles. The number of aryl methyl sites for hydroxylation is 1. The molecule has 4 nitrogen and oxygen atoms in total. The van der Waals surface area contributed by atoms with Crippen molar-refractivity contribution in [2.75, 3.05) is 0 Å². The fraction of sp³-hybridized carbons (Fsp3) is 0.0769. The van der Waals surface area contributed by atoms with E-state index < -0.39 is 17.6 Å². The number of carbonyl (C=O) groups is 1. The minimum Gasteiger partial charge on any atom is -0.476 e. The third-order valence-corrected chi connectivity index (χ3v) is 3.08. The van der Waals surface area contributed by atoms with Gasteiger partial charge < -0.3 is 10.1 Å². The van der Waals surface area contributed by atoms with Crippen LogP contribution in [0.1, 0.15) is 16.1 Å². The van der Waals surface area contributed by atoms with Crippen molar-refractivity contribution in [3.05, 3.63) is 41.2 Å². The van der Waals surface area contributed by atoms with E-state index in [0.717, 1.165) is 6.07 Å². The molecular weight excluding hydrogens is 254 g/mol. The van der Waals surface area contributed by atoms with Gasteiger partial charge in [-0.2, -0.15) is 0 Å². The third-order valence-electron chi connectivity index (χ3n) is 3.08. The molecule has 96 valence electrons. The van der Waals surface area contributed by atoms with E-state index >= 15 is 0 Å². The second kappa shape index (κ2) is 3.74. The molecule has 2 N–H and O–H groups in total. The predicted octanol–water partition coefficient (Wildman–Crippen LogP) is 3.00. The van der Waals surface area contributed by atoms with Crippen LogP contribution in [0.15, 0.2) is 18.3 Å². The van der Waals surface area contributed by atoms with E-state index in [1.165, 1.54) is 6.07 Å². The zero-order valence-electron chi connectivity index (χ0n) is 9.79. The van der Waals surface area contributed by atoms with Crippen LogP contribution in [-0.4, -0.2) is 21.0 Å². The molecule has 0 amide bonds. The van der Waals surface area contributed by atoms with E-state index in [1.807, 2.05) is 0 Å². The lowest BCUT2D eigenvalue weighted by atomic mass is 10.1. The number of benzene rings is 1. The number of nitrogens with zero attached hydrogens (tertiary/aromatic N) is 1. The normalized spacial score (nSPS) is 11.3. The molecule has 0 unspecified atom stereocenters. The summed E-state index contributed by atoms with van der Waals surface area (Å²) >= 11 is 0. The maximum atomic E-state index is 13.7. The van der Waals surface area contributed by atoms with E-state index in [-0.39, 0.29) is 11.2 Å². The molecule has 3 aromatic rings. The summed E-state index contributed by atoms with van der Waals surface area (Å²) in [5.74, 6) is -3.48. The third kappa shape index (κ3) is 1.49.